The number of aliphatic imine (C=N–C) groups is 1. The van der Waals surface area contributed by atoms with E-state index in [0.717, 1.165) is 40.8 Å². The standard InChI is InChI=1S/C21H29N5O2.HI/c1-5-22-21(23-11-13(2)20-14(3)26-28-15(20)4)24-12-16-10-19(27)25-18-9-7-6-8-17(16)18;/h6-9,13,16H,5,10-12H2,1-4H3,(H,25,27)(H2,22,23,24);1H. The fraction of sp³-hybridized carbons (Fsp3) is 0.476. The molecule has 0 saturated carbocycles. The van der Waals surface area contributed by atoms with Crippen LogP contribution in [0.15, 0.2) is 33.8 Å². The number of halogens is 1. The van der Waals surface area contributed by atoms with Crippen molar-refractivity contribution in [2.75, 3.05) is 25.0 Å². The molecule has 1 aromatic heterocycles. The van der Waals surface area contributed by atoms with E-state index in [1.807, 2.05) is 39.0 Å². The first-order chi connectivity index (χ1) is 13.5. The minimum absolute atomic E-state index is 0. The monoisotopic (exact) mass is 511 g/mol. The first kappa shape index (κ1) is 23.2. The summed E-state index contributed by atoms with van der Waals surface area (Å²) in [5.41, 5.74) is 4.11. The van der Waals surface area contributed by atoms with Crippen LogP contribution in [0, 0.1) is 13.8 Å². The van der Waals surface area contributed by atoms with Gasteiger partial charge in [-0.15, -0.1) is 24.0 Å². The van der Waals surface area contributed by atoms with Gasteiger partial charge < -0.3 is 20.5 Å². The molecule has 1 amide bonds. The number of carbonyl (C=O) groups excluding carboxylic acids is 1. The van der Waals surface area contributed by atoms with E-state index in [9.17, 15) is 4.79 Å². The van der Waals surface area contributed by atoms with Crippen molar-refractivity contribution in [1.82, 2.24) is 15.8 Å². The molecule has 2 unspecified atom stereocenters. The maximum atomic E-state index is 12.0. The van der Waals surface area contributed by atoms with Gasteiger partial charge in [-0.3, -0.25) is 9.79 Å². The van der Waals surface area contributed by atoms with Crippen molar-refractivity contribution < 1.29 is 9.32 Å². The number of carbonyl (C=O) groups is 1. The van der Waals surface area contributed by atoms with Crippen LogP contribution in [0.5, 0.6) is 0 Å². The SMILES string of the molecule is CCNC(=NCC(C)c1c(C)noc1C)NCC1CC(=O)Nc2ccccc21.I. The van der Waals surface area contributed by atoms with Crippen LogP contribution >= 0.6 is 24.0 Å². The van der Waals surface area contributed by atoms with Crippen molar-refractivity contribution in [3.05, 3.63) is 46.8 Å². The van der Waals surface area contributed by atoms with Crippen LogP contribution in [0.3, 0.4) is 0 Å². The summed E-state index contributed by atoms with van der Waals surface area (Å²) in [4.78, 5) is 16.8. The van der Waals surface area contributed by atoms with Crippen LogP contribution in [-0.2, 0) is 4.79 Å². The van der Waals surface area contributed by atoms with Crippen molar-refractivity contribution in [2.24, 2.45) is 4.99 Å². The van der Waals surface area contributed by atoms with Gasteiger partial charge in [0.05, 0.1) is 5.69 Å². The van der Waals surface area contributed by atoms with E-state index in [4.69, 9.17) is 9.52 Å². The maximum absolute atomic E-state index is 12.0. The minimum Gasteiger partial charge on any atom is -0.361 e. The van der Waals surface area contributed by atoms with E-state index < -0.39 is 0 Å². The molecule has 0 fully saturated rings. The Hall–Kier alpha value is -2.10. The third-order valence-corrected chi connectivity index (χ3v) is 5.07. The van der Waals surface area contributed by atoms with E-state index in [-0.39, 0.29) is 41.7 Å². The fourth-order valence-corrected chi connectivity index (χ4v) is 3.76. The highest BCUT2D eigenvalue weighted by atomic mass is 127. The number of anilines is 1. The zero-order valence-corrected chi connectivity index (χ0v) is 19.7. The molecule has 8 heteroatoms. The smallest absolute Gasteiger partial charge is 0.225 e. The average Bonchev–Trinajstić information content (AvgIpc) is 3.01. The molecule has 0 saturated heterocycles. The van der Waals surface area contributed by atoms with Gasteiger partial charge in [-0.2, -0.15) is 0 Å². The molecular formula is C21H30IN5O2. The third kappa shape index (κ3) is 5.71. The van der Waals surface area contributed by atoms with Crippen LogP contribution in [0.2, 0.25) is 0 Å². The highest BCUT2D eigenvalue weighted by Crippen LogP contribution is 2.31. The molecule has 2 atom stereocenters. The number of nitrogens with zero attached hydrogens (tertiary/aromatic N) is 2. The van der Waals surface area contributed by atoms with Crippen LogP contribution in [0.25, 0.3) is 0 Å². The van der Waals surface area contributed by atoms with E-state index in [1.165, 1.54) is 0 Å². The Labute approximate surface area is 189 Å². The van der Waals surface area contributed by atoms with Crippen LogP contribution in [-0.4, -0.2) is 36.7 Å². The maximum Gasteiger partial charge on any atom is 0.225 e. The van der Waals surface area contributed by atoms with E-state index in [1.54, 1.807) is 0 Å². The van der Waals surface area contributed by atoms with E-state index >= 15 is 0 Å². The number of amides is 1. The van der Waals surface area contributed by atoms with Crippen LogP contribution in [0.4, 0.5) is 5.69 Å². The third-order valence-electron chi connectivity index (χ3n) is 5.07. The number of para-hydroxylation sites is 1. The Morgan fingerprint density at radius 3 is 2.79 bits per heavy atom. The predicted molar refractivity (Wildman–Crippen MR) is 126 cm³/mol. The molecule has 3 N–H and O–H groups in total. The summed E-state index contributed by atoms with van der Waals surface area (Å²) < 4.78 is 5.27. The van der Waals surface area contributed by atoms with Crippen molar-refractivity contribution >= 4 is 41.5 Å². The molecule has 0 aliphatic carbocycles. The predicted octanol–water partition coefficient (Wildman–Crippen LogP) is 3.69. The second kappa shape index (κ2) is 10.6. The molecule has 1 aliphatic heterocycles. The summed E-state index contributed by atoms with van der Waals surface area (Å²) in [7, 11) is 0. The van der Waals surface area contributed by atoms with E-state index in [0.29, 0.717) is 19.5 Å². The lowest BCUT2D eigenvalue weighted by Crippen LogP contribution is -2.41. The average molecular weight is 511 g/mol. The number of benzene rings is 1. The molecular weight excluding hydrogens is 481 g/mol. The number of hydrogen-bond acceptors (Lipinski definition) is 4. The van der Waals surface area contributed by atoms with Gasteiger partial charge in [0.2, 0.25) is 5.91 Å². The molecule has 7 nitrogen and oxygen atoms in total. The number of guanidine groups is 1. The summed E-state index contributed by atoms with van der Waals surface area (Å²) in [6.07, 6.45) is 0.471. The minimum atomic E-state index is 0. The largest absolute Gasteiger partial charge is 0.361 e. The summed E-state index contributed by atoms with van der Waals surface area (Å²) >= 11 is 0. The Balaban J connectivity index is 0.00000300. The number of aromatic nitrogens is 1. The van der Waals surface area contributed by atoms with Gasteiger partial charge in [0, 0.05) is 49.1 Å². The van der Waals surface area contributed by atoms with Crippen LogP contribution < -0.4 is 16.0 Å². The Morgan fingerprint density at radius 1 is 1.34 bits per heavy atom. The molecule has 29 heavy (non-hydrogen) atoms. The first-order valence-corrected chi connectivity index (χ1v) is 9.83. The molecule has 1 aliphatic rings. The quantitative estimate of drug-likeness (QED) is 0.313. The summed E-state index contributed by atoms with van der Waals surface area (Å²) in [5.74, 6) is 1.99. The molecule has 158 valence electrons. The highest BCUT2D eigenvalue weighted by Gasteiger charge is 2.24. The molecule has 0 radical (unpaired) electrons. The number of hydrogen-bond donors (Lipinski definition) is 3. The fourth-order valence-electron chi connectivity index (χ4n) is 3.76. The summed E-state index contributed by atoms with van der Waals surface area (Å²) in [5, 5.41) is 13.7. The number of aryl methyl sites for hydroxylation is 2. The zero-order chi connectivity index (χ0) is 20.1. The molecule has 0 spiro atoms. The van der Waals surface area contributed by atoms with E-state index in [2.05, 4.69) is 34.1 Å². The van der Waals surface area contributed by atoms with Gasteiger partial charge in [-0.25, -0.2) is 0 Å². The highest BCUT2D eigenvalue weighted by molar-refractivity contribution is 14.0. The lowest BCUT2D eigenvalue weighted by molar-refractivity contribution is -0.116. The first-order valence-electron chi connectivity index (χ1n) is 9.83. The molecule has 2 aromatic rings. The second-order valence-electron chi connectivity index (χ2n) is 7.28. The van der Waals surface area contributed by atoms with Gasteiger partial charge in [0.1, 0.15) is 5.76 Å². The normalized spacial score (nSPS) is 17.0. The molecule has 1 aromatic carbocycles. The lowest BCUT2D eigenvalue weighted by Gasteiger charge is -2.26. The van der Waals surface area contributed by atoms with Gasteiger partial charge in [0.25, 0.3) is 0 Å². The topological polar surface area (TPSA) is 91.6 Å². The Bertz CT molecular complexity index is 845. The van der Waals surface area contributed by atoms with Gasteiger partial charge in [-0.1, -0.05) is 30.3 Å². The van der Waals surface area contributed by atoms with Crippen LogP contribution in [0.1, 0.15) is 54.7 Å². The van der Waals surface area contributed by atoms with Gasteiger partial charge in [0.15, 0.2) is 5.96 Å². The molecule has 0 bridgehead atoms. The number of rotatable bonds is 6. The van der Waals surface area contributed by atoms with Gasteiger partial charge in [-0.05, 0) is 32.4 Å². The van der Waals surface area contributed by atoms with Crippen molar-refractivity contribution in [3.8, 4) is 0 Å². The van der Waals surface area contributed by atoms with Gasteiger partial charge >= 0.3 is 0 Å². The summed E-state index contributed by atoms with van der Waals surface area (Å²) in [6.45, 7) is 10.1. The summed E-state index contributed by atoms with van der Waals surface area (Å²) in [6, 6.07) is 7.97. The molecule has 2 heterocycles. The van der Waals surface area contributed by atoms with Crippen molar-refractivity contribution in [1.29, 1.82) is 0 Å². The number of fused-ring (bicyclic) bond motifs is 1. The second-order valence-corrected chi connectivity index (χ2v) is 7.28. The Morgan fingerprint density at radius 2 is 2.10 bits per heavy atom. The van der Waals surface area contributed by atoms with Crippen molar-refractivity contribution in [3.63, 3.8) is 0 Å². The Kier molecular flexibility index (Phi) is 8.48. The molecule has 3 rings (SSSR count). The zero-order valence-electron chi connectivity index (χ0n) is 17.4. The van der Waals surface area contributed by atoms with Crippen molar-refractivity contribution in [2.45, 2.75) is 46.0 Å². The lowest BCUT2D eigenvalue weighted by atomic mass is 9.90. The number of nitrogens with one attached hydrogen (secondary N) is 3.